The molecule has 0 saturated heterocycles. The molecule has 0 spiro atoms. The van der Waals surface area contributed by atoms with Gasteiger partial charge in [0, 0.05) is 6.42 Å². The second kappa shape index (κ2) is 6.89. The van der Waals surface area contributed by atoms with Crippen molar-refractivity contribution in [3.05, 3.63) is 35.2 Å². The molecule has 0 unspecified atom stereocenters. The highest BCUT2D eigenvalue weighted by molar-refractivity contribution is 5.76. The summed E-state index contributed by atoms with van der Waals surface area (Å²) >= 11 is 0. The monoisotopic (exact) mass is 313 g/mol. The number of benzene rings is 1. The molecule has 0 radical (unpaired) electrons. The summed E-state index contributed by atoms with van der Waals surface area (Å²) in [5.41, 5.74) is 3.33. The van der Waals surface area contributed by atoms with Crippen molar-refractivity contribution in [2.45, 2.75) is 52.5 Å². The zero-order chi connectivity index (χ0) is 16.2. The molecule has 1 fully saturated rings. The molecule has 122 valence electrons. The van der Waals surface area contributed by atoms with E-state index >= 15 is 0 Å². The fourth-order valence-corrected chi connectivity index (χ4v) is 3.10. The van der Waals surface area contributed by atoms with Crippen LogP contribution in [0.1, 0.15) is 49.1 Å². The summed E-state index contributed by atoms with van der Waals surface area (Å²) in [7, 11) is 0. The van der Waals surface area contributed by atoms with Crippen LogP contribution in [0.5, 0.6) is 0 Å². The number of aryl methyl sites for hydroxylation is 2. The van der Waals surface area contributed by atoms with E-state index in [4.69, 9.17) is 0 Å². The Morgan fingerprint density at radius 2 is 2.04 bits per heavy atom. The predicted octanol–water partition coefficient (Wildman–Crippen LogP) is 2.48. The summed E-state index contributed by atoms with van der Waals surface area (Å²) in [6, 6.07) is 6.09. The van der Waals surface area contributed by atoms with Gasteiger partial charge in [0.2, 0.25) is 5.91 Å². The largest absolute Gasteiger partial charge is 0.349 e. The van der Waals surface area contributed by atoms with Gasteiger partial charge in [0.25, 0.3) is 0 Å². The number of nitrogens with zero attached hydrogens (tertiary/aromatic N) is 4. The van der Waals surface area contributed by atoms with Gasteiger partial charge in [-0.25, -0.2) is 0 Å². The van der Waals surface area contributed by atoms with Crippen LogP contribution >= 0.6 is 0 Å². The van der Waals surface area contributed by atoms with Crippen LogP contribution in [0.4, 0.5) is 0 Å². The second-order valence-electron chi connectivity index (χ2n) is 6.41. The number of aromatic nitrogens is 4. The van der Waals surface area contributed by atoms with Gasteiger partial charge >= 0.3 is 0 Å². The number of hydrogen-bond acceptors (Lipinski definition) is 4. The Morgan fingerprint density at radius 3 is 2.78 bits per heavy atom. The van der Waals surface area contributed by atoms with Gasteiger partial charge in [-0.1, -0.05) is 18.9 Å². The average Bonchev–Trinajstić information content (AvgIpc) is 3.19. The zero-order valence-electron chi connectivity index (χ0n) is 13.7. The molecule has 2 aromatic rings. The third-order valence-electron chi connectivity index (χ3n) is 4.66. The van der Waals surface area contributed by atoms with E-state index < -0.39 is 0 Å². The number of nitrogens with one attached hydrogen (secondary N) is 1. The molecule has 1 aromatic heterocycles. The molecule has 1 N–H and O–H groups in total. The van der Waals surface area contributed by atoms with Gasteiger partial charge in [-0.2, -0.15) is 4.68 Å². The minimum absolute atomic E-state index is 0.0894. The summed E-state index contributed by atoms with van der Waals surface area (Å²) in [5.74, 6) is 1.28. The molecule has 3 rings (SSSR count). The first-order chi connectivity index (χ1) is 11.1. The molecular formula is C17H23N5O. The van der Waals surface area contributed by atoms with Gasteiger partial charge in [-0.3, -0.25) is 4.79 Å². The quantitative estimate of drug-likeness (QED) is 0.920. The highest BCUT2D eigenvalue weighted by Crippen LogP contribution is 2.27. The van der Waals surface area contributed by atoms with Crippen LogP contribution in [-0.2, 0) is 11.3 Å². The summed E-state index contributed by atoms with van der Waals surface area (Å²) < 4.78 is 1.68. The molecular weight excluding hydrogens is 290 g/mol. The number of tetrazole rings is 1. The minimum Gasteiger partial charge on any atom is -0.349 e. The third-order valence-corrected chi connectivity index (χ3v) is 4.66. The van der Waals surface area contributed by atoms with Crippen molar-refractivity contribution < 1.29 is 4.79 Å². The Hall–Kier alpha value is -2.24. The first-order valence-corrected chi connectivity index (χ1v) is 8.25. The number of amides is 1. The molecule has 0 atom stereocenters. The number of carbonyl (C=O) groups excluding carboxylic acids is 1. The van der Waals surface area contributed by atoms with E-state index in [-0.39, 0.29) is 5.91 Å². The Bertz CT molecular complexity index is 688. The first-order valence-electron chi connectivity index (χ1n) is 8.25. The number of carbonyl (C=O) groups is 1. The van der Waals surface area contributed by atoms with Crippen molar-refractivity contribution in [2.24, 2.45) is 5.92 Å². The van der Waals surface area contributed by atoms with Crippen molar-refractivity contribution in [2.75, 3.05) is 0 Å². The first kappa shape index (κ1) is 15.6. The topological polar surface area (TPSA) is 72.7 Å². The van der Waals surface area contributed by atoms with Crippen LogP contribution in [0.3, 0.4) is 0 Å². The van der Waals surface area contributed by atoms with Crippen LogP contribution in [0, 0.1) is 19.8 Å². The molecule has 0 bridgehead atoms. The van der Waals surface area contributed by atoms with E-state index in [9.17, 15) is 4.79 Å². The van der Waals surface area contributed by atoms with E-state index in [1.807, 2.05) is 6.07 Å². The maximum atomic E-state index is 12.1. The maximum Gasteiger partial charge on any atom is 0.220 e. The lowest BCUT2D eigenvalue weighted by molar-refractivity contribution is -0.122. The summed E-state index contributed by atoms with van der Waals surface area (Å²) in [4.78, 5) is 12.1. The van der Waals surface area contributed by atoms with E-state index in [2.05, 4.69) is 46.8 Å². The molecule has 1 aliphatic rings. The molecule has 1 aliphatic carbocycles. The van der Waals surface area contributed by atoms with Gasteiger partial charge in [-0.05, 0) is 66.3 Å². The predicted molar refractivity (Wildman–Crippen MR) is 87.0 cm³/mol. The van der Waals surface area contributed by atoms with Crippen LogP contribution < -0.4 is 5.32 Å². The minimum atomic E-state index is 0.0894. The number of rotatable bonds is 5. The molecule has 0 aliphatic heterocycles. The molecule has 1 amide bonds. The Morgan fingerprint density at radius 1 is 1.26 bits per heavy atom. The maximum absolute atomic E-state index is 12.1. The van der Waals surface area contributed by atoms with Crippen molar-refractivity contribution >= 4 is 5.91 Å². The van der Waals surface area contributed by atoms with Gasteiger partial charge in [0.15, 0.2) is 5.82 Å². The van der Waals surface area contributed by atoms with Crippen molar-refractivity contribution in [3.8, 4) is 5.69 Å². The number of hydrogen-bond donors (Lipinski definition) is 1. The molecule has 1 saturated carbocycles. The highest BCUT2D eigenvalue weighted by Gasteiger charge is 2.19. The standard InChI is InChI=1S/C17H23N5O/c1-12-7-8-15(9-13(12)2)22-16(19-20-21-22)11-18-17(23)10-14-5-3-4-6-14/h7-9,14H,3-6,10-11H2,1-2H3,(H,18,23). The summed E-state index contributed by atoms with van der Waals surface area (Å²) in [6.45, 7) is 4.49. The second-order valence-corrected chi connectivity index (χ2v) is 6.41. The van der Waals surface area contributed by atoms with Gasteiger partial charge in [0.1, 0.15) is 0 Å². The van der Waals surface area contributed by atoms with Crippen LogP contribution in [0.2, 0.25) is 0 Å². The van der Waals surface area contributed by atoms with Crippen LogP contribution in [0.15, 0.2) is 18.2 Å². The SMILES string of the molecule is Cc1ccc(-n2nnnc2CNC(=O)CC2CCCC2)cc1C. The van der Waals surface area contributed by atoms with Gasteiger partial charge in [-0.15, -0.1) is 5.10 Å². The fourth-order valence-electron chi connectivity index (χ4n) is 3.10. The zero-order valence-corrected chi connectivity index (χ0v) is 13.7. The van der Waals surface area contributed by atoms with Crippen molar-refractivity contribution in [3.63, 3.8) is 0 Å². The van der Waals surface area contributed by atoms with Crippen molar-refractivity contribution in [1.29, 1.82) is 0 Å². The van der Waals surface area contributed by atoms with Gasteiger partial charge < -0.3 is 5.32 Å². The summed E-state index contributed by atoms with van der Waals surface area (Å²) in [5, 5.41) is 14.8. The smallest absolute Gasteiger partial charge is 0.220 e. The van der Waals surface area contributed by atoms with E-state index in [0.717, 1.165) is 5.69 Å². The Labute approximate surface area is 136 Å². The average molecular weight is 313 g/mol. The lowest BCUT2D eigenvalue weighted by Crippen LogP contribution is -2.26. The van der Waals surface area contributed by atoms with E-state index in [0.29, 0.717) is 24.7 Å². The van der Waals surface area contributed by atoms with E-state index in [1.54, 1.807) is 4.68 Å². The third kappa shape index (κ3) is 3.75. The van der Waals surface area contributed by atoms with E-state index in [1.165, 1.54) is 36.8 Å². The highest BCUT2D eigenvalue weighted by atomic mass is 16.1. The molecule has 6 nitrogen and oxygen atoms in total. The van der Waals surface area contributed by atoms with Gasteiger partial charge in [0.05, 0.1) is 12.2 Å². The molecule has 1 heterocycles. The Balaban J connectivity index is 1.64. The van der Waals surface area contributed by atoms with Crippen LogP contribution in [-0.4, -0.2) is 26.1 Å². The van der Waals surface area contributed by atoms with Crippen LogP contribution in [0.25, 0.3) is 5.69 Å². The van der Waals surface area contributed by atoms with Crippen molar-refractivity contribution in [1.82, 2.24) is 25.5 Å². The summed E-state index contributed by atoms with van der Waals surface area (Å²) in [6.07, 6.45) is 5.47. The lowest BCUT2D eigenvalue weighted by atomic mass is 10.0. The normalized spacial score (nSPS) is 15.0. The molecule has 1 aromatic carbocycles. The fraction of sp³-hybridized carbons (Fsp3) is 0.529. The molecule has 6 heteroatoms. The lowest BCUT2D eigenvalue weighted by Gasteiger charge is -2.10. The molecule has 23 heavy (non-hydrogen) atoms. The Kier molecular flexibility index (Phi) is 4.69.